The Labute approximate surface area is 148 Å². The molecule has 0 radical (unpaired) electrons. The molecular weight excluding hydrogens is 336 g/mol. The third kappa shape index (κ3) is 5.15. The quantitative estimate of drug-likeness (QED) is 0.759. The molecule has 0 aliphatic carbocycles. The fourth-order valence-electron chi connectivity index (χ4n) is 2.54. The van der Waals surface area contributed by atoms with E-state index < -0.39 is 0 Å². The van der Waals surface area contributed by atoms with Crippen molar-refractivity contribution in [3.05, 3.63) is 17.7 Å². The molecule has 1 unspecified atom stereocenters. The van der Waals surface area contributed by atoms with Crippen LogP contribution in [-0.4, -0.2) is 53.0 Å². The van der Waals surface area contributed by atoms with Crippen molar-refractivity contribution in [2.24, 2.45) is 0 Å². The van der Waals surface area contributed by atoms with Gasteiger partial charge in [-0.05, 0) is 12.1 Å². The molecule has 1 saturated heterocycles. The lowest BCUT2D eigenvalue weighted by molar-refractivity contribution is -0.122. The van der Waals surface area contributed by atoms with Gasteiger partial charge in [0.05, 0.1) is 34.5 Å². The maximum Gasteiger partial charge on any atom is 0.221 e. The maximum absolute atomic E-state index is 12.1. The van der Waals surface area contributed by atoms with Crippen molar-refractivity contribution in [2.45, 2.75) is 19.0 Å². The molecule has 1 atom stereocenters. The number of hydrogen-bond acceptors (Lipinski definition) is 6. The lowest BCUT2D eigenvalue weighted by atomic mass is 10.1. The maximum atomic E-state index is 12.1. The molecule has 1 heterocycles. The van der Waals surface area contributed by atoms with Crippen molar-refractivity contribution >= 4 is 18.3 Å². The van der Waals surface area contributed by atoms with E-state index in [0.717, 1.165) is 12.1 Å². The second-order valence-electron chi connectivity index (χ2n) is 5.20. The van der Waals surface area contributed by atoms with Gasteiger partial charge in [-0.3, -0.25) is 4.79 Å². The number of carbonyl (C=O) groups excluding carboxylic acids is 1. The van der Waals surface area contributed by atoms with E-state index in [4.69, 9.17) is 18.9 Å². The van der Waals surface area contributed by atoms with Crippen LogP contribution in [0, 0.1) is 0 Å². The molecule has 24 heavy (non-hydrogen) atoms. The minimum atomic E-state index is -0.0372. The summed E-state index contributed by atoms with van der Waals surface area (Å²) in [6.07, 6.45) is 0.385. The Balaban J connectivity index is 0.00000288. The zero-order valence-electron chi connectivity index (χ0n) is 14.2. The summed E-state index contributed by atoms with van der Waals surface area (Å²) in [4.78, 5) is 12.1. The molecule has 0 aromatic heterocycles. The first kappa shape index (κ1) is 20.3. The smallest absolute Gasteiger partial charge is 0.221 e. The van der Waals surface area contributed by atoms with Crippen LogP contribution in [0.3, 0.4) is 0 Å². The molecule has 1 amide bonds. The highest BCUT2D eigenvalue weighted by molar-refractivity contribution is 5.85. The minimum absolute atomic E-state index is 0. The van der Waals surface area contributed by atoms with Crippen LogP contribution < -0.4 is 24.8 Å². The number of ether oxygens (including phenoxy) is 4. The summed E-state index contributed by atoms with van der Waals surface area (Å²) in [5, 5.41) is 6.16. The van der Waals surface area contributed by atoms with Gasteiger partial charge >= 0.3 is 0 Å². The number of rotatable bonds is 7. The molecule has 7 nitrogen and oxygen atoms in total. The largest absolute Gasteiger partial charge is 0.493 e. The Kier molecular flexibility index (Phi) is 8.67. The van der Waals surface area contributed by atoms with Gasteiger partial charge in [-0.1, -0.05) is 0 Å². The summed E-state index contributed by atoms with van der Waals surface area (Å²) in [7, 11) is 4.68. The Morgan fingerprint density at radius 3 is 2.58 bits per heavy atom. The van der Waals surface area contributed by atoms with E-state index in [2.05, 4.69) is 10.6 Å². The van der Waals surface area contributed by atoms with Crippen LogP contribution in [0.5, 0.6) is 17.2 Å². The predicted octanol–water partition coefficient (Wildman–Crippen LogP) is 1.13. The summed E-state index contributed by atoms with van der Waals surface area (Å²) in [5.41, 5.74) is 0.825. The Morgan fingerprint density at radius 2 is 2.00 bits per heavy atom. The first-order valence-electron chi connectivity index (χ1n) is 7.55. The van der Waals surface area contributed by atoms with E-state index in [1.54, 1.807) is 27.4 Å². The van der Waals surface area contributed by atoms with Crippen LogP contribution in [-0.2, 0) is 16.1 Å². The molecule has 0 bridgehead atoms. The van der Waals surface area contributed by atoms with Crippen molar-refractivity contribution in [3.8, 4) is 17.2 Å². The molecule has 1 aliphatic heterocycles. The number of halogens is 1. The van der Waals surface area contributed by atoms with E-state index in [1.807, 2.05) is 6.07 Å². The van der Waals surface area contributed by atoms with Crippen molar-refractivity contribution in [1.82, 2.24) is 10.6 Å². The van der Waals surface area contributed by atoms with E-state index in [0.29, 0.717) is 43.4 Å². The molecule has 136 valence electrons. The summed E-state index contributed by atoms with van der Waals surface area (Å²) in [6, 6.07) is 3.71. The lowest BCUT2D eigenvalue weighted by Gasteiger charge is -2.23. The van der Waals surface area contributed by atoms with Crippen LogP contribution in [0.15, 0.2) is 12.1 Å². The first-order valence-corrected chi connectivity index (χ1v) is 7.55. The van der Waals surface area contributed by atoms with Gasteiger partial charge in [-0.15, -0.1) is 12.4 Å². The summed E-state index contributed by atoms with van der Waals surface area (Å²) < 4.78 is 21.3. The van der Waals surface area contributed by atoms with Gasteiger partial charge in [-0.2, -0.15) is 0 Å². The van der Waals surface area contributed by atoms with Crippen LogP contribution in [0.1, 0.15) is 12.0 Å². The summed E-state index contributed by atoms with van der Waals surface area (Å²) >= 11 is 0. The molecule has 0 saturated carbocycles. The zero-order chi connectivity index (χ0) is 16.7. The van der Waals surface area contributed by atoms with Gasteiger partial charge in [0.2, 0.25) is 11.7 Å². The molecule has 2 rings (SSSR count). The van der Waals surface area contributed by atoms with Crippen LogP contribution in [0.25, 0.3) is 0 Å². The van der Waals surface area contributed by atoms with Crippen molar-refractivity contribution in [3.63, 3.8) is 0 Å². The SMILES string of the molecule is COc1ccc(CNC(=O)CC2COCCN2)c(OC)c1OC.Cl. The summed E-state index contributed by atoms with van der Waals surface area (Å²) in [5.74, 6) is 1.63. The van der Waals surface area contributed by atoms with E-state index in [-0.39, 0.29) is 24.4 Å². The van der Waals surface area contributed by atoms with Gasteiger partial charge in [0.15, 0.2) is 11.5 Å². The number of hydrogen-bond donors (Lipinski definition) is 2. The predicted molar refractivity (Wildman–Crippen MR) is 92.4 cm³/mol. The Morgan fingerprint density at radius 1 is 1.25 bits per heavy atom. The van der Waals surface area contributed by atoms with E-state index in [1.165, 1.54) is 0 Å². The van der Waals surface area contributed by atoms with Crippen molar-refractivity contribution < 1.29 is 23.7 Å². The van der Waals surface area contributed by atoms with Gasteiger partial charge < -0.3 is 29.6 Å². The monoisotopic (exact) mass is 360 g/mol. The van der Waals surface area contributed by atoms with E-state index in [9.17, 15) is 4.79 Å². The average molecular weight is 361 g/mol. The first-order chi connectivity index (χ1) is 11.2. The Bertz CT molecular complexity index is 535. The molecule has 1 aliphatic rings. The van der Waals surface area contributed by atoms with Crippen molar-refractivity contribution in [1.29, 1.82) is 0 Å². The van der Waals surface area contributed by atoms with Crippen LogP contribution in [0.4, 0.5) is 0 Å². The molecular formula is C16H25ClN2O5. The topological polar surface area (TPSA) is 78.1 Å². The highest BCUT2D eigenvalue weighted by Gasteiger charge is 2.19. The third-order valence-corrected chi connectivity index (χ3v) is 3.69. The van der Waals surface area contributed by atoms with Crippen LogP contribution >= 0.6 is 12.4 Å². The number of carbonyl (C=O) groups is 1. The zero-order valence-corrected chi connectivity index (χ0v) is 15.0. The van der Waals surface area contributed by atoms with Crippen molar-refractivity contribution in [2.75, 3.05) is 41.1 Å². The second-order valence-corrected chi connectivity index (χ2v) is 5.20. The number of benzene rings is 1. The highest BCUT2D eigenvalue weighted by Crippen LogP contribution is 2.39. The molecule has 1 aromatic carbocycles. The second kappa shape index (κ2) is 10.2. The van der Waals surface area contributed by atoms with Gasteiger partial charge in [0.25, 0.3) is 0 Å². The van der Waals surface area contributed by atoms with E-state index >= 15 is 0 Å². The van der Waals surface area contributed by atoms with Gasteiger partial charge in [0.1, 0.15) is 0 Å². The fourth-order valence-corrected chi connectivity index (χ4v) is 2.54. The lowest BCUT2D eigenvalue weighted by Crippen LogP contribution is -2.44. The van der Waals surface area contributed by atoms with Gasteiger partial charge in [0, 0.05) is 31.1 Å². The normalized spacial score (nSPS) is 16.7. The standard InChI is InChI=1S/C16H24N2O5.ClH/c1-20-13-5-4-11(15(21-2)16(13)22-3)9-18-14(19)8-12-10-23-7-6-17-12;/h4-5,12,17H,6-10H2,1-3H3,(H,18,19);1H. The third-order valence-electron chi connectivity index (χ3n) is 3.69. The molecule has 1 fully saturated rings. The number of nitrogens with one attached hydrogen (secondary N) is 2. The number of methoxy groups -OCH3 is 3. The Hall–Kier alpha value is -1.70. The van der Waals surface area contributed by atoms with Gasteiger partial charge in [-0.25, -0.2) is 0 Å². The number of amides is 1. The molecule has 2 N–H and O–H groups in total. The average Bonchev–Trinajstić information content (AvgIpc) is 2.59. The van der Waals surface area contributed by atoms with Crippen LogP contribution in [0.2, 0.25) is 0 Å². The number of morpholine rings is 1. The fraction of sp³-hybridized carbons (Fsp3) is 0.562. The molecule has 8 heteroatoms. The molecule has 0 spiro atoms. The molecule has 1 aromatic rings. The highest BCUT2D eigenvalue weighted by atomic mass is 35.5. The minimum Gasteiger partial charge on any atom is -0.493 e. The summed E-state index contributed by atoms with van der Waals surface area (Å²) in [6.45, 7) is 2.39.